The molecule has 0 unspecified atom stereocenters. The Labute approximate surface area is 128 Å². The molecule has 0 N–H and O–H groups in total. The fourth-order valence-corrected chi connectivity index (χ4v) is 3.38. The summed E-state index contributed by atoms with van der Waals surface area (Å²) in [5.41, 5.74) is 0.0734. The molecule has 0 aliphatic rings. The van der Waals surface area contributed by atoms with Crippen molar-refractivity contribution in [3.05, 3.63) is 28.1 Å². The van der Waals surface area contributed by atoms with Crippen LogP contribution in [0.1, 0.15) is 5.69 Å². The Morgan fingerprint density at radius 2 is 2.00 bits per heavy atom. The topological polar surface area (TPSA) is 87.0 Å². The number of rotatable bonds is 4. The van der Waals surface area contributed by atoms with Gasteiger partial charge < -0.3 is 4.74 Å². The van der Waals surface area contributed by atoms with Crippen molar-refractivity contribution in [1.82, 2.24) is 20.0 Å². The van der Waals surface area contributed by atoms with Crippen molar-refractivity contribution in [3.8, 4) is 5.82 Å². The molecule has 0 saturated carbocycles. The predicted molar refractivity (Wildman–Crippen MR) is 72.9 cm³/mol. The Kier molecular flexibility index (Phi) is 4.50. The molecule has 108 valence electrons. The zero-order valence-corrected chi connectivity index (χ0v) is 13.0. The molecule has 0 bridgehead atoms. The lowest BCUT2D eigenvalue weighted by Crippen LogP contribution is -2.02. The third-order valence-corrected chi connectivity index (χ3v) is 4.26. The van der Waals surface area contributed by atoms with Crippen LogP contribution in [-0.2, 0) is 20.4 Å². The van der Waals surface area contributed by atoms with E-state index >= 15 is 0 Å². The molecule has 2 rings (SSSR count). The number of aromatic nitrogens is 4. The first-order chi connectivity index (χ1) is 9.34. The maximum Gasteiger partial charge on any atom is 0.266 e. The molecule has 7 nitrogen and oxygen atoms in total. The van der Waals surface area contributed by atoms with Crippen LogP contribution in [-0.4, -0.2) is 35.5 Å². The van der Waals surface area contributed by atoms with Gasteiger partial charge in [-0.15, -0.1) is 10.2 Å². The van der Waals surface area contributed by atoms with Crippen LogP contribution in [0.4, 0.5) is 0 Å². The van der Waals surface area contributed by atoms with Crippen LogP contribution in [0.25, 0.3) is 5.82 Å². The van der Waals surface area contributed by atoms with Crippen molar-refractivity contribution >= 4 is 42.9 Å². The minimum atomic E-state index is -4.08. The number of hydrogen-bond acceptors (Lipinski definition) is 6. The maximum atomic E-state index is 11.6. The summed E-state index contributed by atoms with van der Waals surface area (Å²) in [6.07, 6.45) is 0. The lowest BCUT2D eigenvalue weighted by Gasteiger charge is -2.00. The van der Waals surface area contributed by atoms with E-state index < -0.39 is 9.05 Å². The Morgan fingerprint density at radius 3 is 2.50 bits per heavy atom. The van der Waals surface area contributed by atoms with Gasteiger partial charge in [0.2, 0.25) is 0 Å². The number of nitrogens with zero attached hydrogens (tertiary/aromatic N) is 4. The average molecular weight is 358 g/mol. The number of halogens is 3. The summed E-state index contributed by atoms with van der Waals surface area (Å²) >= 11 is 11.6. The molecule has 2 heterocycles. The highest BCUT2D eigenvalue weighted by molar-refractivity contribution is 8.13. The summed E-state index contributed by atoms with van der Waals surface area (Å²) in [6, 6.07) is 2.95. The number of hydrogen-bond donors (Lipinski definition) is 0. The van der Waals surface area contributed by atoms with E-state index in [1.807, 2.05) is 0 Å². The molecule has 11 heteroatoms. The molecule has 0 aliphatic carbocycles. The van der Waals surface area contributed by atoms with Gasteiger partial charge in [0.25, 0.3) is 9.05 Å². The van der Waals surface area contributed by atoms with Crippen LogP contribution >= 0.6 is 33.9 Å². The summed E-state index contributed by atoms with van der Waals surface area (Å²) in [4.78, 5) is -0.320. The summed E-state index contributed by atoms with van der Waals surface area (Å²) in [7, 11) is 2.66. The van der Waals surface area contributed by atoms with Crippen molar-refractivity contribution in [2.45, 2.75) is 11.5 Å². The Balaban J connectivity index is 2.64. The third-order valence-electron chi connectivity index (χ3n) is 2.22. The van der Waals surface area contributed by atoms with Gasteiger partial charge in [-0.1, -0.05) is 23.2 Å². The Bertz CT molecular complexity index is 730. The van der Waals surface area contributed by atoms with Gasteiger partial charge in [0, 0.05) is 17.8 Å². The zero-order valence-electron chi connectivity index (χ0n) is 9.92. The van der Waals surface area contributed by atoms with E-state index in [0.717, 1.165) is 4.68 Å². The molecule has 0 amide bonds. The SMILES string of the molecule is COCc1nn(-c2ccc(Cl)nn2)c(Cl)c1S(=O)(=O)Cl. The zero-order chi connectivity index (χ0) is 14.9. The Morgan fingerprint density at radius 1 is 1.30 bits per heavy atom. The first-order valence-corrected chi connectivity index (χ1v) is 8.11. The van der Waals surface area contributed by atoms with Crippen LogP contribution < -0.4 is 0 Å². The van der Waals surface area contributed by atoms with Crippen LogP contribution in [0.5, 0.6) is 0 Å². The van der Waals surface area contributed by atoms with Crippen molar-refractivity contribution < 1.29 is 13.2 Å². The molecule has 2 aromatic rings. The first-order valence-electron chi connectivity index (χ1n) is 5.05. The summed E-state index contributed by atoms with van der Waals surface area (Å²) in [6.45, 7) is -0.0744. The van der Waals surface area contributed by atoms with Crippen molar-refractivity contribution in [3.63, 3.8) is 0 Å². The molecule has 20 heavy (non-hydrogen) atoms. The van der Waals surface area contributed by atoms with E-state index in [2.05, 4.69) is 15.3 Å². The van der Waals surface area contributed by atoms with E-state index in [9.17, 15) is 8.42 Å². The summed E-state index contributed by atoms with van der Waals surface area (Å²) < 4.78 is 29.1. The molecule has 0 aromatic carbocycles. The molecule has 2 aromatic heterocycles. The van der Waals surface area contributed by atoms with E-state index in [1.54, 1.807) is 0 Å². The molecule has 0 spiro atoms. The second-order valence-electron chi connectivity index (χ2n) is 3.56. The smallest absolute Gasteiger partial charge is 0.266 e. The quantitative estimate of drug-likeness (QED) is 0.778. The molecule has 0 aliphatic heterocycles. The van der Waals surface area contributed by atoms with Crippen LogP contribution in [0.3, 0.4) is 0 Å². The van der Waals surface area contributed by atoms with Gasteiger partial charge in [-0.2, -0.15) is 5.10 Å². The normalized spacial score (nSPS) is 11.8. The standard InChI is InChI=1S/C9H7Cl3N4O3S/c1-19-4-5-8(20(12,17)18)9(11)16(15-5)7-3-2-6(10)13-14-7/h2-3H,4H2,1H3. The predicted octanol–water partition coefficient (Wildman–Crippen LogP) is 2.04. The van der Waals surface area contributed by atoms with Crippen molar-refractivity contribution in [2.75, 3.05) is 7.11 Å². The third kappa shape index (κ3) is 3.04. The highest BCUT2D eigenvalue weighted by Crippen LogP contribution is 2.30. The summed E-state index contributed by atoms with van der Waals surface area (Å²) in [5, 5.41) is 11.4. The largest absolute Gasteiger partial charge is 0.378 e. The van der Waals surface area contributed by atoms with Gasteiger partial charge in [0.1, 0.15) is 10.6 Å². The molecule has 0 fully saturated rings. The number of ether oxygens (including phenoxy) is 1. The maximum absolute atomic E-state index is 11.6. The van der Waals surface area contributed by atoms with E-state index in [0.29, 0.717) is 0 Å². The van der Waals surface area contributed by atoms with Crippen LogP contribution in [0, 0.1) is 0 Å². The molecular formula is C9H7Cl3N4O3S. The van der Waals surface area contributed by atoms with Gasteiger partial charge >= 0.3 is 0 Å². The van der Waals surface area contributed by atoms with Gasteiger partial charge in [-0.3, -0.25) is 0 Å². The molecular weight excluding hydrogens is 351 g/mol. The van der Waals surface area contributed by atoms with E-state index in [-0.39, 0.29) is 33.3 Å². The monoisotopic (exact) mass is 356 g/mol. The summed E-state index contributed by atoms with van der Waals surface area (Å²) in [5.74, 6) is 0.198. The highest BCUT2D eigenvalue weighted by atomic mass is 35.7. The number of methoxy groups -OCH3 is 1. The Hall–Kier alpha value is -0.930. The second-order valence-corrected chi connectivity index (χ2v) is 6.81. The highest BCUT2D eigenvalue weighted by Gasteiger charge is 2.27. The average Bonchev–Trinajstić information content (AvgIpc) is 2.67. The van der Waals surface area contributed by atoms with Gasteiger partial charge in [0.15, 0.2) is 16.1 Å². The molecule has 0 radical (unpaired) electrons. The van der Waals surface area contributed by atoms with Crippen molar-refractivity contribution in [2.24, 2.45) is 0 Å². The molecule has 0 saturated heterocycles. The lowest BCUT2D eigenvalue weighted by molar-refractivity contribution is 0.179. The van der Waals surface area contributed by atoms with Gasteiger partial charge in [-0.25, -0.2) is 13.1 Å². The van der Waals surface area contributed by atoms with Crippen molar-refractivity contribution in [1.29, 1.82) is 0 Å². The fraction of sp³-hybridized carbons (Fsp3) is 0.222. The van der Waals surface area contributed by atoms with Crippen LogP contribution in [0.15, 0.2) is 17.0 Å². The second kappa shape index (κ2) is 5.82. The van der Waals surface area contributed by atoms with Crippen LogP contribution in [0.2, 0.25) is 10.3 Å². The van der Waals surface area contributed by atoms with E-state index in [1.165, 1.54) is 19.2 Å². The first kappa shape index (κ1) is 15.5. The fourth-order valence-electron chi connectivity index (χ4n) is 1.47. The molecule has 0 atom stereocenters. The van der Waals surface area contributed by atoms with E-state index in [4.69, 9.17) is 38.6 Å². The van der Waals surface area contributed by atoms with Gasteiger partial charge in [-0.05, 0) is 12.1 Å². The minimum absolute atomic E-state index is 0.0734. The lowest BCUT2D eigenvalue weighted by atomic mass is 10.5. The van der Waals surface area contributed by atoms with Gasteiger partial charge in [0.05, 0.1) is 6.61 Å². The minimum Gasteiger partial charge on any atom is -0.378 e.